The molecule has 1 aliphatic rings. The quantitative estimate of drug-likeness (QED) is 0.901. The van der Waals surface area contributed by atoms with Crippen LogP contribution in [0, 0.1) is 5.41 Å². The van der Waals surface area contributed by atoms with E-state index in [1.807, 2.05) is 20.8 Å². The van der Waals surface area contributed by atoms with Gasteiger partial charge >= 0.3 is 0 Å². The number of sulfone groups is 1. The second kappa shape index (κ2) is 6.55. The molecule has 1 unspecified atom stereocenters. The zero-order valence-electron chi connectivity index (χ0n) is 14.5. The maximum atomic E-state index is 12.6. The molecule has 0 bridgehead atoms. The maximum Gasteiger partial charge on any atom is 0.253 e. The van der Waals surface area contributed by atoms with Gasteiger partial charge in [0.1, 0.15) is 0 Å². The highest BCUT2D eigenvalue weighted by atomic mass is 32.2. The van der Waals surface area contributed by atoms with Gasteiger partial charge in [0.25, 0.3) is 5.91 Å². The molecule has 6 nitrogen and oxygen atoms in total. The van der Waals surface area contributed by atoms with Crippen molar-refractivity contribution in [2.24, 2.45) is 5.41 Å². The van der Waals surface area contributed by atoms with Crippen molar-refractivity contribution in [1.82, 2.24) is 4.90 Å². The normalized spacial score (nSPS) is 19.8. The summed E-state index contributed by atoms with van der Waals surface area (Å²) in [5, 5.41) is 2.79. The summed E-state index contributed by atoms with van der Waals surface area (Å²) >= 11 is 0. The first-order chi connectivity index (χ1) is 11.0. The van der Waals surface area contributed by atoms with Crippen LogP contribution in [0.25, 0.3) is 0 Å². The molecular weight excluding hydrogens is 328 g/mol. The third kappa shape index (κ3) is 4.35. The molecule has 2 amide bonds. The number of nitrogens with one attached hydrogen (secondary N) is 1. The van der Waals surface area contributed by atoms with Crippen molar-refractivity contribution >= 4 is 27.3 Å². The molecule has 24 heavy (non-hydrogen) atoms. The number of carbonyl (C=O) groups excluding carboxylic acids is 2. The van der Waals surface area contributed by atoms with Crippen LogP contribution in [0.5, 0.6) is 0 Å². The molecule has 1 N–H and O–H groups in total. The van der Waals surface area contributed by atoms with Crippen LogP contribution in [-0.2, 0) is 14.6 Å². The Morgan fingerprint density at radius 2 is 1.92 bits per heavy atom. The zero-order chi connectivity index (χ0) is 18.1. The lowest BCUT2D eigenvalue weighted by atomic mass is 9.95. The minimum atomic E-state index is -3.05. The zero-order valence-corrected chi connectivity index (χ0v) is 15.3. The van der Waals surface area contributed by atoms with Crippen LogP contribution in [0.1, 0.15) is 37.6 Å². The van der Waals surface area contributed by atoms with Gasteiger partial charge in [-0.3, -0.25) is 9.59 Å². The van der Waals surface area contributed by atoms with Gasteiger partial charge in [-0.1, -0.05) is 26.8 Å². The highest BCUT2D eigenvalue weighted by Gasteiger charge is 2.33. The molecule has 1 aromatic rings. The van der Waals surface area contributed by atoms with E-state index in [-0.39, 0.29) is 29.4 Å². The van der Waals surface area contributed by atoms with Gasteiger partial charge in [-0.05, 0) is 24.6 Å². The van der Waals surface area contributed by atoms with Gasteiger partial charge in [-0.2, -0.15) is 0 Å². The van der Waals surface area contributed by atoms with E-state index in [4.69, 9.17) is 0 Å². The van der Waals surface area contributed by atoms with Crippen molar-refractivity contribution in [2.75, 3.05) is 23.9 Å². The summed E-state index contributed by atoms with van der Waals surface area (Å²) in [4.78, 5) is 26.1. The van der Waals surface area contributed by atoms with Crippen molar-refractivity contribution in [3.05, 3.63) is 29.8 Å². The number of carbonyl (C=O) groups is 2. The van der Waals surface area contributed by atoms with E-state index < -0.39 is 15.3 Å². The van der Waals surface area contributed by atoms with E-state index in [0.29, 0.717) is 17.7 Å². The van der Waals surface area contributed by atoms with E-state index in [1.165, 1.54) is 4.90 Å². The molecule has 1 saturated heterocycles. The van der Waals surface area contributed by atoms with Gasteiger partial charge < -0.3 is 10.2 Å². The molecule has 1 aliphatic heterocycles. The summed E-state index contributed by atoms with van der Waals surface area (Å²) in [5.74, 6) is -0.251. The number of anilines is 1. The first-order valence-corrected chi connectivity index (χ1v) is 9.71. The first-order valence-electron chi connectivity index (χ1n) is 7.89. The third-order valence-electron chi connectivity index (χ3n) is 4.13. The van der Waals surface area contributed by atoms with E-state index in [0.717, 1.165) is 0 Å². The van der Waals surface area contributed by atoms with Crippen molar-refractivity contribution in [2.45, 2.75) is 33.2 Å². The predicted octanol–water partition coefficient (Wildman–Crippen LogP) is 1.93. The van der Waals surface area contributed by atoms with Gasteiger partial charge in [0.05, 0.1) is 11.5 Å². The fourth-order valence-corrected chi connectivity index (χ4v) is 4.27. The molecule has 0 spiro atoms. The molecule has 1 fully saturated rings. The van der Waals surface area contributed by atoms with Crippen LogP contribution < -0.4 is 5.32 Å². The molecule has 132 valence electrons. The van der Waals surface area contributed by atoms with Gasteiger partial charge in [-0.25, -0.2) is 8.42 Å². The molecule has 0 aromatic heterocycles. The third-order valence-corrected chi connectivity index (χ3v) is 5.88. The fourth-order valence-electron chi connectivity index (χ4n) is 2.50. The number of nitrogens with zero attached hydrogens (tertiary/aromatic N) is 1. The van der Waals surface area contributed by atoms with Crippen molar-refractivity contribution in [3.63, 3.8) is 0 Å². The van der Waals surface area contributed by atoms with Gasteiger partial charge in [0.2, 0.25) is 5.91 Å². The van der Waals surface area contributed by atoms with Crippen molar-refractivity contribution in [1.29, 1.82) is 0 Å². The second-order valence-electron chi connectivity index (χ2n) is 7.26. The Bertz CT molecular complexity index is 750. The predicted molar refractivity (Wildman–Crippen MR) is 93.7 cm³/mol. The van der Waals surface area contributed by atoms with Gasteiger partial charge in [0.15, 0.2) is 9.84 Å². The molecular formula is C17H24N2O4S. The number of rotatable bonds is 3. The van der Waals surface area contributed by atoms with E-state index in [1.54, 1.807) is 31.3 Å². The molecule has 0 saturated carbocycles. The Balaban J connectivity index is 2.13. The monoisotopic (exact) mass is 352 g/mol. The SMILES string of the molecule is CN(C(=O)c1cccc(NC(=O)C(C)(C)C)c1)C1CCS(=O)(=O)C1. The minimum absolute atomic E-state index is 0.00961. The Morgan fingerprint density at radius 3 is 2.46 bits per heavy atom. The summed E-state index contributed by atoms with van der Waals surface area (Å²) in [6.07, 6.45) is 0.463. The number of hydrogen-bond acceptors (Lipinski definition) is 4. The summed E-state index contributed by atoms with van der Waals surface area (Å²) in [6.45, 7) is 5.43. The molecule has 0 aliphatic carbocycles. The topological polar surface area (TPSA) is 83.6 Å². The summed E-state index contributed by atoms with van der Waals surface area (Å²) < 4.78 is 23.2. The van der Waals surface area contributed by atoms with E-state index in [9.17, 15) is 18.0 Å². The highest BCUT2D eigenvalue weighted by molar-refractivity contribution is 7.91. The maximum absolute atomic E-state index is 12.6. The van der Waals surface area contributed by atoms with Crippen molar-refractivity contribution in [3.8, 4) is 0 Å². The first kappa shape index (κ1) is 18.4. The van der Waals surface area contributed by atoms with Crippen LogP contribution in [0.4, 0.5) is 5.69 Å². The average Bonchev–Trinajstić information content (AvgIpc) is 2.85. The molecule has 1 aromatic carbocycles. The molecule has 2 rings (SSSR count). The van der Waals surface area contributed by atoms with Crippen LogP contribution in [0.2, 0.25) is 0 Å². The largest absolute Gasteiger partial charge is 0.338 e. The lowest BCUT2D eigenvalue weighted by molar-refractivity contribution is -0.123. The molecule has 1 heterocycles. The fraction of sp³-hybridized carbons (Fsp3) is 0.529. The summed E-state index contributed by atoms with van der Waals surface area (Å²) in [5.41, 5.74) is 0.441. The standard InChI is InChI=1S/C17H24N2O4S/c1-17(2,3)16(21)18-13-7-5-6-12(10-13)15(20)19(4)14-8-9-24(22,23)11-14/h5-7,10,14H,8-9,11H2,1-4H3,(H,18,21). The lowest BCUT2D eigenvalue weighted by Crippen LogP contribution is -2.37. The summed E-state index contributed by atoms with van der Waals surface area (Å²) in [7, 11) is -1.43. The van der Waals surface area contributed by atoms with Gasteiger partial charge in [0, 0.05) is 29.8 Å². The van der Waals surface area contributed by atoms with E-state index in [2.05, 4.69) is 5.32 Å². The average molecular weight is 352 g/mol. The van der Waals surface area contributed by atoms with Crippen LogP contribution >= 0.6 is 0 Å². The Labute approximate surface area is 143 Å². The lowest BCUT2D eigenvalue weighted by Gasteiger charge is -2.24. The molecule has 7 heteroatoms. The Morgan fingerprint density at radius 1 is 1.25 bits per heavy atom. The number of hydrogen-bond donors (Lipinski definition) is 1. The van der Waals surface area contributed by atoms with Crippen molar-refractivity contribution < 1.29 is 18.0 Å². The summed E-state index contributed by atoms with van der Waals surface area (Å²) in [6, 6.07) is 6.40. The van der Waals surface area contributed by atoms with Crippen LogP contribution in [0.15, 0.2) is 24.3 Å². The number of amides is 2. The Kier molecular flexibility index (Phi) is 5.03. The van der Waals surface area contributed by atoms with E-state index >= 15 is 0 Å². The molecule has 0 radical (unpaired) electrons. The minimum Gasteiger partial charge on any atom is -0.338 e. The van der Waals surface area contributed by atoms with Crippen LogP contribution in [-0.4, -0.2) is 49.7 Å². The Hall–Kier alpha value is -1.89. The van der Waals surface area contributed by atoms with Gasteiger partial charge in [-0.15, -0.1) is 0 Å². The smallest absolute Gasteiger partial charge is 0.253 e. The number of benzene rings is 1. The highest BCUT2D eigenvalue weighted by Crippen LogP contribution is 2.21. The second-order valence-corrected chi connectivity index (χ2v) is 9.49. The van der Waals surface area contributed by atoms with Crippen LogP contribution in [0.3, 0.4) is 0 Å². The molecule has 1 atom stereocenters.